The number of benzene rings is 2. The molecule has 0 aliphatic heterocycles. The second-order valence-electron chi connectivity index (χ2n) is 5.35. The monoisotopic (exact) mass is 318 g/mol. The second kappa shape index (κ2) is 7.32. The van der Waals surface area contributed by atoms with Gasteiger partial charge in [0.25, 0.3) is 0 Å². The minimum absolute atomic E-state index is 0.0170. The fourth-order valence-corrected chi connectivity index (χ4v) is 2.22. The number of alkyl halides is 1. The molecule has 1 atom stereocenters. The molecule has 0 heterocycles. The number of carbonyl (C=O) groups excluding carboxylic acids is 1. The number of hydrogen-bond donors (Lipinski definition) is 0. The van der Waals surface area contributed by atoms with Crippen LogP contribution in [0, 0.1) is 5.41 Å². The van der Waals surface area contributed by atoms with Crippen LogP contribution in [0.3, 0.4) is 0 Å². The number of Topliss-reactive ketones (excluding diaryl/α,β-unsaturated/α-hetero) is 1. The van der Waals surface area contributed by atoms with Crippen LogP contribution in [0.4, 0.5) is 0 Å². The fraction of sp³-hybridized carbons (Fsp3) is 0.278. The average Bonchev–Trinajstić information content (AvgIpc) is 2.60. The number of rotatable bonds is 7. The van der Waals surface area contributed by atoms with Crippen molar-refractivity contribution in [2.24, 2.45) is 5.41 Å². The molecule has 0 spiro atoms. The Kier molecular flexibility index (Phi) is 5.45. The van der Waals surface area contributed by atoms with Crippen molar-refractivity contribution in [1.29, 1.82) is 0 Å². The Bertz CT molecular complexity index is 610. The van der Waals surface area contributed by atoms with Crippen LogP contribution in [0.25, 0.3) is 0 Å². The quantitative estimate of drug-likeness (QED) is 0.567. The highest BCUT2D eigenvalue weighted by Gasteiger charge is 2.34. The predicted molar refractivity (Wildman–Crippen MR) is 88.1 cm³/mol. The van der Waals surface area contributed by atoms with E-state index >= 15 is 0 Å². The summed E-state index contributed by atoms with van der Waals surface area (Å²) in [5, 5.41) is 0. The van der Waals surface area contributed by atoms with Crippen LogP contribution in [0.2, 0.25) is 0 Å². The van der Waals surface area contributed by atoms with Crippen molar-refractivity contribution in [2.45, 2.75) is 6.92 Å². The Labute approximate surface area is 135 Å². The standard InChI is InChI=1S/C18H19ClO3/c1-18(12-19,17(20)14-6-4-3-5-7-14)13-22-16-10-8-15(21-2)9-11-16/h3-11H,12-13H2,1-2H3. The predicted octanol–water partition coefficient (Wildman–Crippen LogP) is 4.20. The summed E-state index contributed by atoms with van der Waals surface area (Å²) in [6, 6.07) is 16.4. The van der Waals surface area contributed by atoms with Crippen molar-refractivity contribution < 1.29 is 14.3 Å². The zero-order valence-corrected chi connectivity index (χ0v) is 13.5. The van der Waals surface area contributed by atoms with Crippen molar-refractivity contribution in [2.75, 3.05) is 19.6 Å². The molecule has 3 nitrogen and oxygen atoms in total. The van der Waals surface area contributed by atoms with E-state index in [1.54, 1.807) is 31.4 Å². The maximum atomic E-state index is 12.6. The van der Waals surface area contributed by atoms with Gasteiger partial charge in [0.2, 0.25) is 0 Å². The topological polar surface area (TPSA) is 35.5 Å². The Morgan fingerprint density at radius 2 is 1.64 bits per heavy atom. The van der Waals surface area contributed by atoms with Gasteiger partial charge in [-0.3, -0.25) is 4.79 Å². The summed E-state index contributed by atoms with van der Waals surface area (Å²) >= 11 is 6.05. The van der Waals surface area contributed by atoms with Gasteiger partial charge in [-0.05, 0) is 31.2 Å². The van der Waals surface area contributed by atoms with Crippen molar-refractivity contribution in [3.63, 3.8) is 0 Å². The zero-order valence-electron chi connectivity index (χ0n) is 12.7. The van der Waals surface area contributed by atoms with Gasteiger partial charge in [0.1, 0.15) is 18.1 Å². The molecule has 0 amide bonds. The van der Waals surface area contributed by atoms with E-state index in [1.807, 2.05) is 37.3 Å². The van der Waals surface area contributed by atoms with E-state index in [0.29, 0.717) is 11.3 Å². The molecule has 0 saturated carbocycles. The molecular weight excluding hydrogens is 300 g/mol. The average molecular weight is 319 g/mol. The molecule has 116 valence electrons. The first-order valence-electron chi connectivity index (χ1n) is 7.02. The van der Waals surface area contributed by atoms with E-state index in [2.05, 4.69) is 0 Å². The smallest absolute Gasteiger partial charge is 0.173 e. The fourth-order valence-electron chi connectivity index (χ4n) is 2.02. The maximum Gasteiger partial charge on any atom is 0.173 e. The number of methoxy groups -OCH3 is 1. The van der Waals surface area contributed by atoms with Crippen LogP contribution in [0.5, 0.6) is 11.5 Å². The molecule has 22 heavy (non-hydrogen) atoms. The third-order valence-electron chi connectivity index (χ3n) is 3.50. The molecule has 0 fully saturated rings. The van der Waals surface area contributed by atoms with E-state index in [1.165, 1.54) is 0 Å². The normalized spacial score (nSPS) is 13.2. The van der Waals surface area contributed by atoms with Gasteiger partial charge in [0.05, 0.1) is 12.5 Å². The van der Waals surface area contributed by atoms with E-state index < -0.39 is 5.41 Å². The van der Waals surface area contributed by atoms with Gasteiger partial charge in [-0.25, -0.2) is 0 Å². The minimum atomic E-state index is -0.775. The lowest BCUT2D eigenvalue weighted by Crippen LogP contribution is -2.36. The van der Waals surface area contributed by atoms with E-state index in [9.17, 15) is 4.79 Å². The van der Waals surface area contributed by atoms with Crippen LogP contribution >= 0.6 is 11.6 Å². The summed E-state index contributed by atoms with van der Waals surface area (Å²) in [5.74, 6) is 1.61. The lowest BCUT2D eigenvalue weighted by atomic mass is 9.85. The SMILES string of the molecule is COc1ccc(OCC(C)(CCl)C(=O)c2ccccc2)cc1. The molecule has 0 saturated heterocycles. The van der Waals surface area contributed by atoms with Gasteiger partial charge < -0.3 is 9.47 Å². The maximum absolute atomic E-state index is 12.6. The van der Waals surface area contributed by atoms with E-state index in [4.69, 9.17) is 21.1 Å². The molecule has 2 aromatic carbocycles. The van der Waals surface area contributed by atoms with Crippen LogP contribution in [0.15, 0.2) is 54.6 Å². The van der Waals surface area contributed by atoms with E-state index in [0.717, 1.165) is 5.75 Å². The Morgan fingerprint density at radius 3 is 2.18 bits per heavy atom. The molecule has 0 bridgehead atoms. The summed E-state index contributed by atoms with van der Waals surface area (Å²) < 4.78 is 10.8. The highest BCUT2D eigenvalue weighted by atomic mass is 35.5. The Hall–Kier alpha value is -2.00. The van der Waals surface area contributed by atoms with Crippen molar-refractivity contribution >= 4 is 17.4 Å². The summed E-state index contributed by atoms with van der Waals surface area (Å²) in [4.78, 5) is 12.6. The van der Waals surface area contributed by atoms with E-state index in [-0.39, 0.29) is 18.3 Å². The number of ketones is 1. The van der Waals surface area contributed by atoms with Gasteiger partial charge in [-0.2, -0.15) is 0 Å². The van der Waals surface area contributed by atoms with Crippen molar-refractivity contribution in [3.8, 4) is 11.5 Å². The lowest BCUT2D eigenvalue weighted by Gasteiger charge is -2.25. The van der Waals surface area contributed by atoms with Crippen LogP contribution in [-0.2, 0) is 0 Å². The molecule has 0 N–H and O–H groups in total. The molecule has 0 radical (unpaired) electrons. The molecule has 0 aliphatic carbocycles. The van der Waals surface area contributed by atoms with Gasteiger partial charge in [-0.1, -0.05) is 30.3 Å². The second-order valence-corrected chi connectivity index (χ2v) is 5.62. The number of carbonyl (C=O) groups is 1. The first kappa shape index (κ1) is 16.4. The molecule has 4 heteroatoms. The molecule has 0 aromatic heterocycles. The summed E-state index contributed by atoms with van der Waals surface area (Å²) in [5.41, 5.74) is -0.132. The number of halogens is 1. The number of ether oxygens (including phenoxy) is 2. The molecule has 2 rings (SSSR count). The highest BCUT2D eigenvalue weighted by Crippen LogP contribution is 2.26. The summed E-state index contributed by atoms with van der Waals surface area (Å²) in [6.45, 7) is 2.04. The van der Waals surface area contributed by atoms with Gasteiger partial charge >= 0.3 is 0 Å². The largest absolute Gasteiger partial charge is 0.497 e. The molecule has 2 aromatic rings. The van der Waals surface area contributed by atoms with Crippen LogP contribution in [-0.4, -0.2) is 25.4 Å². The zero-order chi connectivity index (χ0) is 16.0. The first-order chi connectivity index (χ1) is 10.6. The summed E-state index contributed by atoms with van der Waals surface area (Å²) in [6.07, 6.45) is 0. The molecule has 1 unspecified atom stereocenters. The third-order valence-corrected chi connectivity index (χ3v) is 4.09. The van der Waals surface area contributed by atoms with Gasteiger partial charge in [0, 0.05) is 11.4 Å². The Balaban J connectivity index is 2.08. The van der Waals surface area contributed by atoms with Crippen molar-refractivity contribution in [3.05, 3.63) is 60.2 Å². The van der Waals surface area contributed by atoms with Crippen LogP contribution in [0.1, 0.15) is 17.3 Å². The molecule has 0 aliphatic rings. The first-order valence-corrected chi connectivity index (χ1v) is 7.55. The highest BCUT2D eigenvalue weighted by molar-refractivity contribution is 6.21. The third kappa shape index (κ3) is 3.80. The van der Waals surface area contributed by atoms with Gasteiger partial charge in [-0.15, -0.1) is 11.6 Å². The van der Waals surface area contributed by atoms with Crippen molar-refractivity contribution in [1.82, 2.24) is 0 Å². The lowest BCUT2D eigenvalue weighted by molar-refractivity contribution is 0.0758. The summed E-state index contributed by atoms with van der Waals surface area (Å²) in [7, 11) is 1.61. The molecular formula is C18H19ClO3. The minimum Gasteiger partial charge on any atom is -0.497 e. The van der Waals surface area contributed by atoms with Crippen LogP contribution < -0.4 is 9.47 Å². The Morgan fingerprint density at radius 1 is 1.05 bits per heavy atom. The number of hydrogen-bond acceptors (Lipinski definition) is 3. The van der Waals surface area contributed by atoms with Gasteiger partial charge in [0.15, 0.2) is 5.78 Å².